The van der Waals surface area contributed by atoms with Crippen LogP contribution in [0.25, 0.3) is 11.1 Å². The minimum atomic E-state index is -4.61. The predicted octanol–water partition coefficient (Wildman–Crippen LogP) is 6.83. The van der Waals surface area contributed by atoms with E-state index in [-0.39, 0.29) is 34.0 Å². The number of aromatic carboxylic acids is 1. The summed E-state index contributed by atoms with van der Waals surface area (Å²) in [6.45, 7) is 1.96. The van der Waals surface area contributed by atoms with Gasteiger partial charge in [-0.3, -0.25) is 15.1 Å². The van der Waals surface area contributed by atoms with Crippen LogP contribution in [0.2, 0.25) is 0 Å². The van der Waals surface area contributed by atoms with Crippen LogP contribution in [0.15, 0.2) is 90.0 Å². The Kier molecular flexibility index (Phi) is 6.76. The first-order valence-corrected chi connectivity index (χ1v) is 12.2. The maximum absolute atomic E-state index is 13.5. The Morgan fingerprint density at radius 3 is 2.35 bits per heavy atom. The molecule has 7 nitrogen and oxygen atoms in total. The third-order valence-electron chi connectivity index (χ3n) is 6.57. The number of phenolic OH excluding ortho intramolecular Hbond substituents is 1. The lowest BCUT2D eigenvalue weighted by Gasteiger charge is -2.18. The summed E-state index contributed by atoms with van der Waals surface area (Å²) in [5.74, 6) is -2.02. The van der Waals surface area contributed by atoms with E-state index in [0.717, 1.165) is 24.1 Å². The number of carbonyl (C=O) groups is 2. The number of phenols is 1. The van der Waals surface area contributed by atoms with Crippen LogP contribution in [-0.4, -0.2) is 27.8 Å². The first-order chi connectivity index (χ1) is 19.1. The van der Waals surface area contributed by atoms with Crippen molar-refractivity contribution < 1.29 is 33.0 Å². The highest BCUT2D eigenvalue weighted by Crippen LogP contribution is 2.41. The lowest BCUT2D eigenvalue weighted by molar-refractivity contribution is -0.137. The molecule has 0 radical (unpaired) electrons. The Morgan fingerprint density at radius 2 is 1.68 bits per heavy atom. The largest absolute Gasteiger partial charge is 0.505 e. The summed E-state index contributed by atoms with van der Waals surface area (Å²) in [6, 6.07) is 20.6. The number of carbonyl (C=O) groups excluding carboxylic acids is 1. The van der Waals surface area contributed by atoms with Crippen molar-refractivity contribution in [1.82, 2.24) is 0 Å². The minimum absolute atomic E-state index is 0.0353. The molecule has 1 aliphatic rings. The number of halogens is 3. The second-order valence-corrected chi connectivity index (χ2v) is 9.05. The molecule has 1 heterocycles. The number of alkyl halides is 3. The summed E-state index contributed by atoms with van der Waals surface area (Å²) in [6.07, 6.45) is -3.86. The van der Waals surface area contributed by atoms with Crippen LogP contribution < -0.4 is 10.3 Å². The van der Waals surface area contributed by atoms with Gasteiger partial charge in [-0.1, -0.05) is 43.3 Å². The van der Waals surface area contributed by atoms with E-state index in [1.54, 1.807) is 48.5 Å². The average Bonchev–Trinajstić information content (AvgIpc) is 3.22. The summed E-state index contributed by atoms with van der Waals surface area (Å²) in [5.41, 5.74) is 4.13. The molecule has 5 rings (SSSR count). The number of aromatic hydroxyl groups is 1. The lowest BCUT2D eigenvalue weighted by Crippen LogP contribution is -2.26. The average molecular weight is 546 g/mol. The lowest BCUT2D eigenvalue weighted by atomic mass is 10.0. The summed E-state index contributed by atoms with van der Waals surface area (Å²) in [5, 5.41) is 24.4. The van der Waals surface area contributed by atoms with Gasteiger partial charge in [-0.15, -0.1) is 0 Å². The van der Waals surface area contributed by atoms with Crippen molar-refractivity contribution in [2.75, 3.05) is 10.3 Å². The molecule has 0 saturated carbocycles. The fraction of sp³-hybridized carbons (Fsp3) is 0.100. The SMILES string of the molecule is CCc1ccc(N2C(=O)/C(=N\Nc3cccc(-c4cccc(C(=O)O)c4)c3O)c3ccc(C(F)(F)F)cc32)cc1. The van der Waals surface area contributed by atoms with Crippen LogP contribution in [0.1, 0.15) is 34.0 Å². The Hall–Kier alpha value is -5.12. The monoisotopic (exact) mass is 545 g/mol. The van der Waals surface area contributed by atoms with Crippen LogP contribution in [0.3, 0.4) is 0 Å². The number of carboxylic acid groups (broad SMARTS) is 1. The Labute approximate surface area is 226 Å². The van der Waals surface area contributed by atoms with Crippen molar-refractivity contribution in [2.45, 2.75) is 19.5 Å². The highest BCUT2D eigenvalue weighted by Gasteiger charge is 2.39. The number of anilines is 3. The number of aryl methyl sites for hydroxylation is 1. The van der Waals surface area contributed by atoms with Gasteiger partial charge in [0.1, 0.15) is 5.75 Å². The zero-order valence-corrected chi connectivity index (χ0v) is 21.0. The van der Waals surface area contributed by atoms with E-state index in [1.165, 1.54) is 29.2 Å². The van der Waals surface area contributed by atoms with Crippen molar-refractivity contribution in [3.8, 4) is 16.9 Å². The third-order valence-corrected chi connectivity index (χ3v) is 6.57. The summed E-state index contributed by atoms with van der Waals surface area (Å²) in [4.78, 5) is 26.1. The number of hydrogen-bond acceptors (Lipinski definition) is 5. The van der Waals surface area contributed by atoms with Gasteiger partial charge in [0, 0.05) is 16.8 Å². The van der Waals surface area contributed by atoms with Gasteiger partial charge in [-0.25, -0.2) is 4.79 Å². The topological polar surface area (TPSA) is 102 Å². The standard InChI is InChI=1S/C30H22F3N3O4/c1-2-17-9-12-21(13-10-17)36-25-16-20(30(31,32)33)11-14-23(25)26(28(36)38)35-34-24-8-4-7-22(27(24)37)18-5-3-6-19(15-18)29(39)40/h3-16,34,37H,2H2,1H3,(H,39,40)/b35-26-. The highest BCUT2D eigenvalue weighted by atomic mass is 19.4. The smallest absolute Gasteiger partial charge is 0.416 e. The molecule has 10 heteroatoms. The van der Waals surface area contributed by atoms with Gasteiger partial charge in [-0.05, 0) is 66.1 Å². The van der Waals surface area contributed by atoms with Crippen LogP contribution >= 0.6 is 0 Å². The minimum Gasteiger partial charge on any atom is -0.505 e. The molecule has 4 aromatic rings. The van der Waals surface area contributed by atoms with E-state index in [4.69, 9.17) is 0 Å². The highest BCUT2D eigenvalue weighted by molar-refractivity contribution is 6.55. The number of amides is 1. The summed E-state index contributed by atoms with van der Waals surface area (Å²) in [7, 11) is 0. The van der Waals surface area contributed by atoms with Gasteiger partial charge in [0.15, 0.2) is 5.71 Å². The zero-order chi connectivity index (χ0) is 28.6. The molecule has 0 bridgehead atoms. The Balaban J connectivity index is 1.55. The number of nitrogens with one attached hydrogen (secondary N) is 1. The number of rotatable bonds is 6. The van der Waals surface area contributed by atoms with Gasteiger partial charge < -0.3 is 10.2 Å². The molecule has 0 spiro atoms. The summed E-state index contributed by atoms with van der Waals surface area (Å²) >= 11 is 0. The van der Waals surface area contributed by atoms with Crippen LogP contribution in [0, 0.1) is 0 Å². The van der Waals surface area contributed by atoms with Crippen molar-refractivity contribution in [2.24, 2.45) is 5.10 Å². The second-order valence-electron chi connectivity index (χ2n) is 9.05. The van der Waals surface area contributed by atoms with Gasteiger partial charge in [0.25, 0.3) is 5.91 Å². The number of hydrazone groups is 1. The van der Waals surface area contributed by atoms with Crippen molar-refractivity contribution in [3.05, 3.63) is 107 Å². The Bertz CT molecular complexity index is 1660. The van der Waals surface area contributed by atoms with Gasteiger partial charge in [0.05, 0.1) is 22.5 Å². The molecule has 40 heavy (non-hydrogen) atoms. The number of carboxylic acids is 1. The normalized spacial score (nSPS) is 13.9. The van der Waals surface area contributed by atoms with Crippen molar-refractivity contribution >= 4 is 34.7 Å². The van der Waals surface area contributed by atoms with E-state index in [9.17, 15) is 33.0 Å². The van der Waals surface area contributed by atoms with Crippen LogP contribution in [0.5, 0.6) is 5.75 Å². The maximum Gasteiger partial charge on any atom is 0.416 e. The van der Waals surface area contributed by atoms with Crippen molar-refractivity contribution in [3.63, 3.8) is 0 Å². The van der Waals surface area contributed by atoms with Crippen LogP contribution in [-0.2, 0) is 17.4 Å². The van der Waals surface area contributed by atoms with E-state index in [0.29, 0.717) is 16.8 Å². The van der Waals surface area contributed by atoms with E-state index in [2.05, 4.69) is 10.5 Å². The first-order valence-electron chi connectivity index (χ1n) is 12.2. The van der Waals surface area contributed by atoms with Gasteiger partial charge in [-0.2, -0.15) is 18.3 Å². The molecule has 0 unspecified atom stereocenters. The molecular formula is C30H22F3N3O4. The zero-order valence-electron chi connectivity index (χ0n) is 21.0. The van der Waals surface area contributed by atoms with E-state index >= 15 is 0 Å². The van der Waals surface area contributed by atoms with Gasteiger partial charge >= 0.3 is 12.1 Å². The molecule has 0 atom stereocenters. The number of hydrogen-bond donors (Lipinski definition) is 3. The summed E-state index contributed by atoms with van der Waals surface area (Å²) < 4.78 is 40.6. The third kappa shape index (κ3) is 4.86. The first kappa shape index (κ1) is 26.5. The predicted molar refractivity (Wildman–Crippen MR) is 145 cm³/mol. The van der Waals surface area contributed by atoms with Crippen LogP contribution in [0.4, 0.5) is 30.2 Å². The number of nitrogens with zero attached hydrogens (tertiary/aromatic N) is 2. The fourth-order valence-corrected chi connectivity index (χ4v) is 4.47. The van der Waals surface area contributed by atoms with E-state index in [1.807, 2.05) is 6.92 Å². The molecule has 0 aliphatic carbocycles. The molecule has 1 amide bonds. The fourth-order valence-electron chi connectivity index (χ4n) is 4.47. The molecular weight excluding hydrogens is 523 g/mol. The number of fused-ring (bicyclic) bond motifs is 1. The molecule has 0 saturated heterocycles. The molecule has 3 N–H and O–H groups in total. The van der Waals surface area contributed by atoms with Gasteiger partial charge in [0.2, 0.25) is 0 Å². The maximum atomic E-state index is 13.5. The molecule has 1 aliphatic heterocycles. The second kappa shape index (κ2) is 10.2. The molecule has 4 aromatic carbocycles. The quantitative estimate of drug-likeness (QED) is 0.182. The molecule has 202 valence electrons. The number of para-hydroxylation sites is 1. The number of benzene rings is 4. The van der Waals surface area contributed by atoms with E-state index < -0.39 is 23.6 Å². The molecule has 0 fully saturated rings. The molecule has 0 aromatic heterocycles. The van der Waals surface area contributed by atoms with Crippen molar-refractivity contribution in [1.29, 1.82) is 0 Å². The Morgan fingerprint density at radius 1 is 0.950 bits per heavy atom.